The Labute approximate surface area is 92.6 Å². The summed E-state index contributed by atoms with van der Waals surface area (Å²) in [5.74, 6) is 0. The zero-order chi connectivity index (χ0) is 11.1. The predicted octanol–water partition coefficient (Wildman–Crippen LogP) is 4.43. The van der Waals surface area contributed by atoms with Gasteiger partial charge in [0, 0.05) is 10.9 Å². The van der Waals surface area contributed by atoms with E-state index in [0.29, 0.717) is 10.9 Å². The molecule has 0 unspecified atom stereocenters. The topological polar surface area (TPSA) is 15.8 Å². The van der Waals surface area contributed by atoms with Crippen molar-refractivity contribution in [2.24, 2.45) is 0 Å². The van der Waals surface area contributed by atoms with E-state index in [4.69, 9.17) is 11.6 Å². The molecule has 0 aliphatic carbocycles. The van der Waals surface area contributed by atoms with E-state index in [9.17, 15) is 13.2 Å². The highest BCUT2D eigenvalue weighted by atomic mass is 35.5. The second-order valence-corrected chi connectivity index (χ2v) is 4.31. The van der Waals surface area contributed by atoms with Crippen molar-refractivity contribution in [3.63, 3.8) is 0 Å². The fraction of sp³-hybridized carbons (Fsp3) is 0.111. The number of fused-ring (bicyclic) bond motifs is 1. The van der Waals surface area contributed by atoms with Gasteiger partial charge in [-0.2, -0.15) is 13.2 Å². The van der Waals surface area contributed by atoms with Crippen molar-refractivity contribution < 1.29 is 13.2 Å². The minimum absolute atomic E-state index is 0.0264. The van der Waals surface area contributed by atoms with Gasteiger partial charge in [0.25, 0.3) is 0 Å². The Morgan fingerprint density at radius 2 is 1.87 bits per heavy atom. The minimum Gasteiger partial charge on any atom is -0.345 e. The first-order valence-corrected chi connectivity index (χ1v) is 5.19. The van der Waals surface area contributed by atoms with E-state index in [2.05, 4.69) is 4.98 Å². The van der Waals surface area contributed by atoms with Gasteiger partial charge in [0.15, 0.2) is 0 Å². The molecule has 0 aliphatic heterocycles. The number of aromatic nitrogens is 1. The molecular weight excluding hydrogens is 247 g/mol. The molecular formula is C9H5ClF3NS. The van der Waals surface area contributed by atoms with Gasteiger partial charge in [-0.05, 0) is 17.8 Å². The van der Waals surface area contributed by atoms with Crippen LogP contribution >= 0.6 is 23.4 Å². The number of para-hydroxylation sites is 1. The highest BCUT2D eigenvalue weighted by molar-refractivity contribution is 8.00. The van der Waals surface area contributed by atoms with E-state index >= 15 is 0 Å². The fourth-order valence-corrected chi connectivity index (χ4v) is 2.28. The van der Waals surface area contributed by atoms with Crippen LogP contribution in [-0.4, -0.2) is 10.5 Å². The van der Waals surface area contributed by atoms with Crippen molar-refractivity contribution >= 4 is 34.3 Å². The number of halogens is 4. The summed E-state index contributed by atoms with van der Waals surface area (Å²) in [6.45, 7) is 0. The summed E-state index contributed by atoms with van der Waals surface area (Å²) in [5.41, 5.74) is -3.72. The van der Waals surface area contributed by atoms with Crippen LogP contribution in [0.4, 0.5) is 13.2 Å². The lowest BCUT2D eigenvalue weighted by molar-refractivity contribution is -0.0327. The molecule has 15 heavy (non-hydrogen) atoms. The lowest BCUT2D eigenvalue weighted by atomic mass is 10.2. The van der Waals surface area contributed by atoms with Gasteiger partial charge < -0.3 is 4.98 Å². The van der Waals surface area contributed by atoms with Crippen LogP contribution in [0, 0.1) is 0 Å². The third kappa shape index (κ3) is 2.23. The molecule has 6 heteroatoms. The molecule has 2 rings (SSSR count). The maximum Gasteiger partial charge on any atom is 0.446 e. The van der Waals surface area contributed by atoms with E-state index in [1.54, 1.807) is 24.3 Å². The van der Waals surface area contributed by atoms with Gasteiger partial charge in [-0.25, -0.2) is 0 Å². The quantitative estimate of drug-likeness (QED) is 0.741. The summed E-state index contributed by atoms with van der Waals surface area (Å²) in [5, 5.41) is 0.517. The lowest BCUT2D eigenvalue weighted by Gasteiger charge is -2.04. The normalized spacial score (nSPS) is 12.3. The molecule has 0 atom stereocenters. The van der Waals surface area contributed by atoms with Crippen LogP contribution in [0.3, 0.4) is 0 Å². The molecule has 0 bridgehead atoms. The number of alkyl halides is 3. The Morgan fingerprint density at radius 1 is 1.20 bits per heavy atom. The van der Waals surface area contributed by atoms with Crippen molar-refractivity contribution in [2.45, 2.75) is 10.4 Å². The highest BCUT2D eigenvalue weighted by Crippen LogP contribution is 2.43. The average Bonchev–Trinajstić information content (AvgIpc) is 2.41. The summed E-state index contributed by atoms with van der Waals surface area (Å²) in [6, 6.07) is 6.69. The molecule has 1 N–H and O–H groups in total. The third-order valence-corrected chi connectivity index (χ3v) is 3.09. The molecule has 0 amide bonds. The standard InChI is InChI=1S/C9H5ClF3NS/c10-8-7(15-9(11,12)13)5-3-1-2-4-6(5)14-8/h1-4,14H. The van der Waals surface area contributed by atoms with Crippen molar-refractivity contribution in [2.75, 3.05) is 0 Å². The summed E-state index contributed by atoms with van der Waals surface area (Å²) >= 11 is 5.50. The Morgan fingerprint density at radius 3 is 2.53 bits per heavy atom. The largest absolute Gasteiger partial charge is 0.446 e. The van der Waals surface area contributed by atoms with Crippen LogP contribution in [0.5, 0.6) is 0 Å². The first-order valence-electron chi connectivity index (χ1n) is 3.99. The third-order valence-electron chi connectivity index (χ3n) is 1.83. The summed E-state index contributed by atoms with van der Waals surface area (Å²) < 4.78 is 36.7. The molecule has 80 valence electrons. The molecule has 0 saturated carbocycles. The van der Waals surface area contributed by atoms with Crippen LogP contribution in [0.25, 0.3) is 10.9 Å². The highest BCUT2D eigenvalue weighted by Gasteiger charge is 2.31. The van der Waals surface area contributed by atoms with Crippen LogP contribution in [-0.2, 0) is 0 Å². The van der Waals surface area contributed by atoms with Crippen molar-refractivity contribution in [3.8, 4) is 0 Å². The number of nitrogens with one attached hydrogen (secondary N) is 1. The lowest BCUT2D eigenvalue weighted by Crippen LogP contribution is -1.98. The molecule has 0 saturated heterocycles. The van der Waals surface area contributed by atoms with Gasteiger partial charge in [-0.15, -0.1) is 0 Å². The van der Waals surface area contributed by atoms with E-state index in [0.717, 1.165) is 0 Å². The maximum atomic E-state index is 12.2. The van der Waals surface area contributed by atoms with Crippen LogP contribution < -0.4 is 0 Å². The Kier molecular flexibility index (Phi) is 2.60. The number of rotatable bonds is 1. The number of hydrogen-bond donors (Lipinski definition) is 1. The SMILES string of the molecule is FC(F)(F)Sc1c(Cl)[nH]c2ccccc12. The van der Waals surface area contributed by atoms with Gasteiger partial charge >= 0.3 is 5.51 Å². The van der Waals surface area contributed by atoms with E-state index in [1.165, 1.54) is 0 Å². The average molecular weight is 252 g/mol. The molecule has 0 spiro atoms. The molecule has 1 heterocycles. The molecule has 1 aromatic heterocycles. The first-order chi connectivity index (χ1) is 6.97. The Balaban J connectivity index is 2.54. The van der Waals surface area contributed by atoms with E-state index < -0.39 is 5.51 Å². The smallest absolute Gasteiger partial charge is 0.345 e. The summed E-state index contributed by atoms with van der Waals surface area (Å²) in [7, 11) is 0. The molecule has 2 aromatic rings. The van der Waals surface area contributed by atoms with Crippen molar-refractivity contribution in [3.05, 3.63) is 29.4 Å². The molecule has 1 nitrogen and oxygen atoms in total. The monoisotopic (exact) mass is 251 g/mol. The van der Waals surface area contributed by atoms with E-state index in [-0.39, 0.29) is 21.8 Å². The fourth-order valence-electron chi connectivity index (χ4n) is 1.30. The second kappa shape index (κ2) is 3.64. The number of H-pyrrole nitrogens is 1. The van der Waals surface area contributed by atoms with Crippen LogP contribution in [0.2, 0.25) is 5.15 Å². The van der Waals surface area contributed by atoms with Gasteiger partial charge in [0.2, 0.25) is 0 Å². The number of hydrogen-bond acceptors (Lipinski definition) is 1. The van der Waals surface area contributed by atoms with Gasteiger partial charge in [-0.3, -0.25) is 0 Å². The zero-order valence-corrected chi connectivity index (χ0v) is 8.80. The van der Waals surface area contributed by atoms with Gasteiger partial charge in [-0.1, -0.05) is 29.8 Å². The number of thioether (sulfide) groups is 1. The van der Waals surface area contributed by atoms with Crippen molar-refractivity contribution in [1.29, 1.82) is 0 Å². The number of benzene rings is 1. The Hall–Kier alpha value is -0.810. The van der Waals surface area contributed by atoms with Crippen molar-refractivity contribution in [1.82, 2.24) is 4.98 Å². The predicted molar refractivity (Wildman–Crippen MR) is 55.2 cm³/mol. The van der Waals surface area contributed by atoms with Crippen LogP contribution in [0.15, 0.2) is 29.2 Å². The molecule has 1 aromatic carbocycles. The second-order valence-electron chi connectivity index (χ2n) is 2.86. The molecule has 0 fully saturated rings. The molecule has 0 radical (unpaired) electrons. The van der Waals surface area contributed by atoms with E-state index in [1.807, 2.05) is 0 Å². The maximum absolute atomic E-state index is 12.2. The first kappa shape index (κ1) is 10.7. The molecule has 0 aliphatic rings. The van der Waals surface area contributed by atoms with Crippen LogP contribution in [0.1, 0.15) is 0 Å². The minimum atomic E-state index is -4.32. The van der Waals surface area contributed by atoms with Gasteiger partial charge in [0.1, 0.15) is 5.15 Å². The Bertz CT molecular complexity index is 492. The summed E-state index contributed by atoms with van der Waals surface area (Å²) in [6.07, 6.45) is 0. The zero-order valence-electron chi connectivity index (χ0n) is 7.23. The number of aromatic amines is 1. The summed E-state index contributed by atoms with van der Waals surface area (Å²) in [4.78, 5) is 2.72. The van der Waals surface area contributed by atoms with Gasteiger partial charge in [0.05, 0.1) is 4.90 Å².